The normalized spacial score (nSPS) is 16.8. The van der Waals surface area contributed by atoms with E-state index in [1.807, 2.05) is 24.3 Å². The Labute approximate surface area is 167 Å². The molecule has 3 heterocycles. The number of morpholine rings is 1. The van der Waals surface area contributed by atoms with Gasteiger partial charge in [-0.3, -0.25) is 4.79 Å². The summed E-state index contributed by atoms with van der Waals surface area (Å²) < 4.78 is 5.43. The van der Waals surface area contributed by atoms with Crippen molar-refractivity contribution in [2.24, 2.45) is 5.92 Å². The van der Waals surface area contributed by atoms with Crippen LogP contribution in [0.2, 0.25) is 0 Å². The lowest BCUT2D eigenvalue weighted by Gasteiger charge is -2.28. The van der Waals surface area contributed by atoms with Crippen molar-refractivity contribution in [1.82, 2.24) is 19.9 Å². The fraction of sp³-hybridized carbons (Fsp3) is 0.350. The molecule has 1 aromatic carbocycles. The molecule has 0 atom stereocenters. The first kappa shape index (κ1) is 17.7. The van der Waals surface area contributed by atoms with E-state index in [0.717, 1.165) is 24.1 Å². The van der Waals surface area contributed by atoms with Crippen molar-refractivity contribution in [3.05, 3.63) is 30.5 Å². The van der Waals surface area contributed by atoms with Gasteiger partial charge >= 0.3 is 0 Å². The fourth-order valence-electron chi connectivity index (χ4n) is 3.36. The number of nitrogen functional groups attached to an aromatic ring is 1. The highest BCUT2D eigenvalue weighted by Gasteiger charge is 2.29. The van der Waals surface area contributed by atoms with Crippen LogP contribution < -0.4 is 16.0 Å². The molecule has 1 amide bonds. The third-order valence-corrected chi connectivity index (χ3v) is 5.11. The summed E-state index contributed by atoms with van der Waals surface area (Å²) >= 11 is 0. The molecule has 2 aliphatic rings. The Morgan fingerprint density at radius 2 is 1.86 bits per heavy atom. The van der Waals surface area contributed by atoms with Crippen molar-refractivity contribution in [3.8, 4) is 11.3 Å². The summed E-state index contributed by atoms with van der Waals surface area (Å²) in [5, 5.41) is 2.94. The standard InChI is InChI=1S/C20H21N7O2/c21-20-25-17-16(18(26-20)27-7-9-29-10-8-27)24-15(11-22-17)12-3-5-14(6-4-12)23-19(28)13-1-2-13/h3-6,11,13H,1-2,7-10H2,(H,23,28)(H2,21,22,25,26). The Morgan fingerprint density at radius 3 is 2.59 bits per heavy atom. The second kappa shape index (κ2) is 7.25. The first-order valence-corrected chi connectivity index (χ1v) is 9.71. The van der Waals surface area contributed by atoms with E-state index in [1.54, 1.807) is 6.20 Å². The van der Waals surface area contributed by atoms with Crippen LogP contribution in [0.3, 0.4) is 0 Å². The van der Waals surface area contributed by atoms with E-state index in [-0.39, 0.29) is 17.8 Å². The van der Waals surface area contributed by atoms with Gasteiger partial charge in [-0.05, 0) is 25.0 Å². The van der Waals surface area contributed by atoms with Crippen LogP contribution in [-0.2, 0) is 9.53 Å². The predicted octanol–water partition coefficient (Wildman–Crippen LogP) is 1.85. The van der Waals surface area contributed by atoms with Crippen LogP contribution in [0.25, 0.3) is 22.4 Å². The van der Waals surface area contributed by atoms with Crippen molar-refractivity contribution in [3.63, 3.8) is 0 Å². The van der Waals surface area contributed by atoms with Crippen LogP contribution in [0, 0.1) is 5.92 Å². The number of nitrogens with two attached hydrogens (primary N) is 1. The molecule has 29 heavy (non-hydrogen) atoms. The third kappa shape index (κ3) is 3.68. The van der Waals surface area contributed by atoms with Crippen LogP contribution in [0.1, 0.15) is 12.8 Å². The molecule has 2 aromatic heterocycles. The minimum Gasteiger partial charge on any atom is -0.378 e. The van der Waals surface area contributed by atoms with Gasteiger partial charge in [0.05, 0.1) is 25.1 Å². The maximum atomic E-state index is 11.9. The Bertz CT molecular complexity index is 1060. The van der Waals surface area contributed by atoms with Crippen molar-refractivity contribution >= 4 is 34.5 Å². The zero-order valence-electron chi connectivity index (χ0n) is 15.8. The van der Waals surface area contributed by atoms with Crippen LogP contribution in [0.4, 0.5) is 17.5 Å². The number of nitrogens with zero attached hydrogens (tertiary/aromatic N) is 5. The largest absolute Gasteiger partial charge is 0.378 e. The molecule has 2 fully saturated rings. The molecule has 148 valence electrons. The van der Waals surface area contributed by atoms with Crippen molar-refractivity contribution in [1.29, 1.82) is 0 Å². The number of ether oxygens (including phenoxy) is 1. The van der Waals surface area contributed by atoms with Gasteiger partial charge in [-0.2, -0.15) is 9.97 Å². The summed E-state index contributed by atoms with van der Waals surface area (Å²) in [6.07, 6.45) is 3.64. The third-order valence-electron chi connectivity index (χ3n) is 5.11. The van der Waals surface area contributed by atoms with E-state index in [4.69, 9.17) is 15.5 Å². The highest BCUT2D eigenvalue weighted by molar-refractivity contribution is 5.94. The van der Waals surface area contributed by atoms with Gasteiger partial charge in [0.15, 0.2) is 17.0 Å². The van der Waals surface area contributed by atoms with Gasteiger partial charge in [0, 0.05) is 30.3 Å². The second-order valence-electron chi connectivity index (χ2n) is 7.27. The predicted molar refractivity (Wildman–Crippen MR) is 109 cm³/mol. The molecule has 5 rings (SSSR count). The summed E-state index contributed by atoms with van der Waals surface area (Å²) in [4.78, 5) is 31.9. The van der Waals surface area contributed by atoms with Gasteiger partial charge in [0.1, 0.15) is 0 Å². The molecule has 0 unspecified atom stereocenters. The smallest absolute Gasteiger partial charge is 0.227 e. The van der Waals surface area contributed by atoms with Gasteiger partial charge in [-0.1, -0.05) is 12.1 Å². The molecular weight excluding hydrogens is 370 g/mol. The maximum Gasteiger partial charge on any atom is 0.227 e. The van der Waals surface area contributed by atoms with E-state index in [2.05, 4.69) is 25.2 Å². The van der Waals surface area contributed by atoms with Crippen LogP contribution in [0.5, 0.6) is 0 Å². The van der Waals surface area contributed by atoms with Crippen LogP contribution in [0.15, 0.2) is 30.5 Å². The lowest BCUT2D eigenvalue weighted by Crippen LogP contribution is -2.37. The molecule has 1 saturated carbocycles. The monoisotopic (exact) mass is 391 g/mol. The van der Waals surface area contributed by atoms with E-state index < -0.39 is 0 Å². The molecule has 0 bridgehead atoms. The Morgan fingerprint density at radius 1 is 1.10 bits per heavy atom. The topological polar surface area (TPSA) is 119 Å². The summed E-state index contributed by atoms with van der Waals surface area (Å²) in [5.74, 6) is 1.12. The summed E-state index contributed by atoms with van der Waals surface area (Å²) in [6.45, 7) is 2.69. The van der Waals surface area contributed by atoms with E-state index >= 15 is 0 Å². The van der Waals surface area contributed by atoms with Gasteiger partial charge in [-0.25, -0.2) is 9.97 Å². The zero-order chi connectivity index (χ0) is 19.8. The molecule has 1 aliphatic carbocycles. The number of carbonyl (C=O) groups is 1. The van der Waals surface area contributed by atoms with Crippen molar-refractivity contribution in [2.45, 2.75) is 12.8 Å². The summed E-state index contributed by atoms with van der Waals surface area (Å²) in [7, 11) is 0. The summed E-state index contributed by atoms with van der Waals surface area (Å²) in [5.41, 5.74) is 9.35. The number of aromatic nitrogens is 4. The number of amides is 1. The minimum atomic E-state index is 0.0909. The number of hydrogen-bond donors (Lipinski definition) is 2. The van der Waals surface area contributed by atoms with Gasteiger partial charge in [0.25, 0.3) is 0 Å². The average molecular weight is 391 g/mol. The number of nitrogens with one attached hydrogen (secondary N) is 1. The van der Waals surface area contributed by atoms with Gasteiger partial charge in [-0.15, -0.1) is 0 Å². The Hall–Kier alpha value is -3.33. The van der Waals surface area contributed by atoms with Crippen LogP contribution in [-0.4, -0.2) is 52.1 Å². The minimum absolute atomic E-state index is 0.0909. The van der Waals surface area contributed by atoms with E-state index in [9.17, 15) is 4.79 Å². The maximum absolute atomic E-state index is 11.9. The molecule has 1 aliphatic heterocycles. The quantitative estimate of drug-likeness (QED) is 0.692. The number of hydrogen-bond acceptors (Lipinski definition) is 8. The number of fused-ring (bicyclic) bond motifs is 1. The number of benzene rings is 1. The lowest BCUT2D eigenvalue weighted by atomic mass is 10.1. The van der Waals surface area contributed by atoms with E-state index in [1.165, 1.54) is 0 Å². The molecule has 3 aromatic rings. The van der Waals surface area contributed by atoms with Gasteiger partial charge < -0.3 is 20.7 Å². The summed E-state index contributed by atoms with van der Waals surface area (Å²) in [6, 6.07) is 7.60. The fourth-order valence-corrected chi connectivity index (χ4v) is 3.36. The molecular formula is C20H21N7O2. The Balaban J connectivity index is 1.47. The number of carbonyl (C=O) groups excluding carboxylic acids is 1. The lowest BCUT2D eigenvalue weighted by molar-refractivity contribution is -0.117. The van der Waals surface area contributed by atoms with Crippen molar-refractivity contribution in [2.75, 3.05) is 42.3 Å². The highest BCUT2D eigenvalue weighted by Crippen LogP contribution is 2.31. The first-order chi connectivity index (χ1) is 14.2. The molecule has 9 heteroatoms. The second-order valence-corrected chi connectivity index (χ2v) is 7.27. The molecule has 9 nitrogen and oxygen atoms in total. The first-order valence-electron chi connectivity index (χ1n) is 9.71. The Kier molecular flexibility index (Phi) is 4.44. The van der Waals surface area contributed by atoms with Crippen molar-refractivity contribution < 1.29 is 9.53 Å². The molecule has 0 spiro atoms. The average Bonchev–Trinajstić information content (AvgIpc) is 3.60. The number of anilines is 3. The molecule has 1 saturated heterocycles. The zero-order valence-corrected chi connectivity index (χ0v) is 15.8. The molecule has 0 radical (unpaired) electrons. The van der Waals surface area contributed by atoms with Crippen LogP contribution >= 0.6 is 0 Å². The van der Waals surface area contributed by atoms with Gasteiger partial charge in [0.2, 0.25) is 11.9 Å². The molecule has 3 N–H and O–H groups in total. The highest BCUT2D eigenvalue weighted by atomic mass is 16.5. The SMILES string of the molecule is Nc1nc(N2CCOCC2)c2nc(-c3ccc(NC(=O)C4CC4)cc3)cnc2n1. The number of rotatable bonds is 4. The van der Waals surface area contributed by atoms with E-state index in [0.29, 0.717) is 49.0 Å².